The molecule has 2 rings (SSSR count). The molecule has 7 heteroatoms. The number of carbonyl (C=O) groups is 2. The maximum absolute atomic E-state index is 12.0. The van der Waals surface area contributed by atoms with Gasteiger partial charge in [0.1, 0.15) is 5.75 Å². The fraction of sp³-hybridized carbons (Fsp3) is 0.158. The Morgan fingerprint density at radius 2 is 1.73 bits per heavy atom. The summed E-state index contributed by atoms with van der Waals surface area (Å²) in [5.74, 6) is -1.08. The van der Waals surface area contributed by atoms with Crippen LogP contribution in [0.5, 0.6) is 5.75 Å². The number of halogens is 2. The summed E-state index contributed by atoms with van der Waals surface area (Å²) in [5.41, 5.74) is 1.53. The maximum Gasteiger partial charge on any atom is 0.387 e. The molecule has 0 aliphatic carbocycles. The lowest BCUT2D eigenvalue weighted by atomic mass is 10.2. The van der Waals surface area contributed by atoms with E-state index < -0.39 is 25.1 Å². The first-order chi connectivity index (χ1) is 12.5. The Labute approximate surface area is 149 Å². The molecule has 0 saturated heterocycles. The molecule has 0 unspecified atom stereocenters. The number of alkyl halides is 2. The molecule has 0 aliphatic rings. The van der Waals surface area contributed by atoms with E-state index in [2.05, 4.69) is 10.1 Å². The predicted molar refractivity (Wildman–Crippen MR) is 91.4 cm³/mol. The van der Waals surface area contributed by atoms with Gasteiger partial charge in [-0.15, -0.1) is 0 Å². The van der Waals surface area contributed by atoms with E-state index in [0.717, 1.165) is 11.6 Å². The van der Waals surface area contributed by atoms with Crippen LogP contribution in [0.2, 0.25) is 0 Å². The minimum Gasteiger partial charge on any atom is -0.452 e. The van der Waals surface area contributed by atoms with Crippen LogP contribution in [0.3, 0.4) is 0 Å². The second kappa shape index (κ2) is 9.93. The third-order valence-electron chi connectivity index (χ3n) is 3.20. The Morgan fingerprint density at radius 1 is 1.04 bits per heavy atom. The molecule has 26 heavy (non-hydrogen) atoms. The van der Waals surface area contributed by atoms with Gasteiger partial charge in [-0.1, -0.05) is 42.5 Å². The minimum absolute atomic E-state index is 0.0230. The van der Waals surface area contributed by atoms with E-state index in [1.165, 1.54) is 30.3 Å². The number of esters is 1. The van der Waals surface area contributed by atoms with Gasteiger partial charge in [0.15, 0.2) is 6.61 Å². The number of rotatable bonds is 8. The second-order valence-corrected chi connectivity index (χ2v) is 5.15. The van der Waals surface area contributed by atoms with Crippen molar-refractivity contribution in [3.8, 4) is 5.75 Å². The number of nitrogens with one attached hydrogen (secondary N) is 1. The molecule has 0 aromatic heterocycles. The fourth-order valence-electron chi connectivity index (χ4n) is 1.96. The second-order valence-electron chi connectivity index (χ2n) is 5.15. The highest BCUT2D eigenvalue weighted by atomic mass is 19.3. The van der Waals surface area contributed by atoms with Crippen LogP contribution >= 0.6 is 0 Å². The van der Waals surface area contributed by atoms with Gasteiger partial charge < -0.3 is 14.8 Å². The highest BCUT2D eigenvalue weighted by molar-refractivity contribution is 5.89. The molecule has 136 valence electrons. The van der Waals surface area contributed by atoms with Crippen molar-refractivity contribution in [1.82, 2.24) is 5.32 Å². The molecule has 1 N–H and O–H groups in total. The first-order valence-electron chi connectivity index (χ1n) is 7.73. The topological polar surface area (TPSA) is 64.6 Å². The van der Waals surface area contributed by atoms with E-state index in [9.17, 15) is 18.4 Å². The number of amides is 1. The first kappa shape index (κ1) is 19.1. The average Bonchev–Trinajstić information content (AvgIpc) is 2.64. The van der Waals surface area contributed by atoms with Crippen molar-refractivity contribution in [3.05, 3.63) is 71.8 Å². The van der Waals surface area contributed by atoms with Crippen LogP contribution in [0, 0.1) is 0 Å². The van der Waals surface area contributed by atoms with Gasteiger partial charge in [0.05, 0.1) is 0 Å². The van der Waals surface area contributed by atoms with Gasteiger partial charge in [-0.25, -0.2) is 4.79 Å². The zero-order valence-electron chi connectivity index (χ0n) is 13.7. The molecule has 0 radical (unpaired) electrons. The van der Waals surface area contributed by atoms with Crippen LogP contribution in [-0.4, -0.2) is 25.1 Å². The number of hydrogen-bond acceptors (Lipinski definition) is 4. The molecular weight excluding hydrogens is 344 g/mol. The molecule has 0 atom stereocenters. The molecular formula is C19H17F2NO4. The molecule has 2 aromatic carbocycles. The molecule has 1 amide bonds. The van der Waals surface area contributed by atoms with Gasteiger partial charge in [-0.05, 0) is 29.3 Å². The lowest BCUT2D eigenvalue weighted by Crippen LogP contribution is -2.28. The Bertz CT molecular complexity index is 746. The predicted octanol–water partition coefficient (Wildman–Crippen LogP) is 3.16. The number of benzene rings is 2. The molecule has 0 bridgehead atoms. The lowest BCUT2D eigenvalue weighted by molar-refractivity contribution is -0.143. The van der Waals surface area contributed by atoms with E-state index in [4.69, 9.17) is 4.74 Å². The summed E-state index contributed by atoms with van der Waals surface area (Å²) >= 11 is 0. The van der Waals surface area contributed by atoms with Gasteiger partial charge >= 0.3 is 12.6 Å². The average molecular weight is 361 g/mol. The van der Waals surface area contributed by atoms with Crippen molar-refractivity contribution in [2.24, 2.45) is 0 Å². The molecule has 2 aromatic rings. The maximum atomic E-state index is 12.0. The zero-order chi connectivity index (χ0) is 18.8. The molecule has 0 saturated carbocycles. The third-order valence-corrected chi connectivity index (χ3v) is 3.20. The Morgan fingerprint density at radius 3 is 2.38 bits per heavy atom. The summed E-state index contributed by atoms with van der Waals surface area (Å²) in [6.07, 6.45) is 2.59. The van der Waals surface area contributed by atoms with E-state index in [1.54, 1.807) is 0 Å². The smallest absolute Gasteiger partial charge is 0.387 e. The van der Waals surface area contributed by atoms with Crippen LogP contribution in [0.1, 0.15) is 11.1 Å². The van der Waals surface area contributed by atoms with E-state index >= 15 is 0 Å². The molecule has 0 aliphatic heterocycles. The number of carbonyl (C=O) groups excluding carboxylic acids is 2. The van der Waals surface area contributed by atoms with Crippen molar-refractivity contribution < 1.29 is 27.8 Å². The van der Waals surface area contributed by atoms with Gasteiger partial charge in [0, 0.05) is 12.6 Å². The SMILES string of the molecule is O=C(COC(=O)/C=C/c1ccc(OC(F)F)cc1)NCc1ccccc1. The number of hydrogen-bond donors (Lipinski definition) is 1. The van der Waals surface area contributed by atoms with Crippen LogP contribution in [0.4, 0.5) is 8.78 Å². The van der Waals surface area contributed by atoms with Crippen LogP contribution in [0.15, 0.2) is 60.7 Å². The summed E-state index contributed by atoms with van der Waals surface area (Å²) in [6, 6.07) is 15.1. The van der Waals surface area contributed by atoms with Crippen molar-refractivity contribution in [1.29, 1.82) is 0 Å². The quantitative estimate of drug-likeness (QED) is 0.579. The summed E-state index contributed by atoms with van der Waals surface area (Å²) in [5, 5.41) is 2.63. The largest absolute Gasteiger partial charge is 0.452 e. The van der Waals surface area contributed by atoms with Crippen molar-refractivity contribution in [3.63, 3.8) is 0 Å². The zero-order valence-corrected chi connectivity index (χ0v) is 13.7. The lowest BCUT2D eigenvalue weighted by Gasteiger charge is -2.05. The highest BCUT2D eigenvalue weighted by Crippen LogP contribution is 2.15. The van der Waals surface area contributed by atoms with Crippen molar-refractivity contribution in [2.45, 2.75) is 13.2 Å². The summed E-state index contributed by atoms with van der Waals surface area (Å²) in [6.45, 7) is -2.93. The Balaban J connectivity index is 1.72. The molecule has 0 fully saturated rings. The third kappa shape index (κ3) is 7.12. The van der Waals surface area contributed by atoms with Gasteiger partial charge in [-0.2, -0.15) is 8.78 Å². The van der Waals surface area contributed by atoms with Crippen molar-refractivity contribution in [2.75, 3.05) is 6.61 Å². The molecule has 5 nitrogen and oxygen atoms in total. The van der Waals surface area contributed by atoms with Gasteiger partial charge in [0.2, 0.25) is 0 Å². The minimum atomic E-state index is -2.89. The van der Waals surface area contributed by atoms with E-state index in [1.807, 2.05) is 30.3 Å². The summed E-state index contributed by atoms with van der Waals surface area (Å²) < 4.78 is 33.1. The normalized spacial score (nSPS) is 10.7. The molecule has 0 heterocycles. The van der Waals surface area contributed by atoms with Gasteiger partial charge in [0.25, 0.3) is 5.91 Å². The Hall–Kier alpha value is -3.22. The first-order valence-corrected chi connectivity index (χ1v) is 7.73. The van der Waals surface area contributed by atoms with Crippen LogP contribution in [0.25, 0.3) is 6.08 Å². The van der Waals surface area contributed by atoms with Crippen LogP contribution < -0.4 is 10.1 Å². The van der Waals surface area contributed by atoms with Gasteiger partial charge in [-0.3, -0.25) is 4.79 Å². The monoisotopic (exact) mass is 361 g/mol. The Kier molecular flexibility index (Phi) is 7.30. The van der Waals surface area contributed by atoms with Crippen LogP contribution in [-0.2, 0) is 20.9 Å². The fourth-order valence-corrected chi connectivity index (χ4v) is 1.96. The van der Waals surface area contributed by atoms with E-state index in [0.29, 0.717) is 12.1 Å². The standard InChI is InChI=1S/C19H17F2NO4/c20-19(21)26-16-9-6-14(7-10-16)8-11-18(24)25-13-17(23)22-12-15-4-2-1-3-5-15/h1-11,19H,12-13H2,(H,22,23)/b11-8+. The highest BCUT2D eigenvalue weighted by Gasteiger charge is 2.05. The van der Waals surface area contributed by atoms with Crippen molar-refractivity contribution >= 4 is 18.0 Å². The van der Waals surface area contributed by atoms with E-state index in [-0.39, 0.29) is 5.75 Å². The summed E-state index contributed by atoms with van der Waals surface area (Å²) in [7, 11) is 0. The summed E-state index contributed by atoms with van der Waals surface area (Å²) in [4.78, 5) is 23.2. The molecule has 0 spiro atoms. The number of ether oxygens (including phenoxy) is 2.